The van der Waals surface area contributed by atoms with Crippen LogP contribution in [0.25, 0.3) is 0 Å². The summed E-state index contributed by atoms with van der Waals surface area (Å²) in [5.41, 5.74) is 0. The van der Waals surface area contributed by atoms with Crippen LogP contribution in [0.5, 0.6) is 0 Å². The van der Waals surface area contributed by atoms with E-state index >= 15 is 0 Å². The fourth-order valence-electron chi connectivity index (χ4n) is 1.51. The predicted octanol–water partition coefficient (Wildman–Crippen LogP) is 1.70. The average molecular weight is 260 g/mol. The molecule has 0 radical (unpaired) electrons. The lowest BCUT2D eigenvalue weighted by Crippen LogP contribution is -2.22. The second kappa shape index (κ2) is 11.6. The van der Waals surface area contributed by atoms with E-state index in [1.807, 2.05) is 0 Å². The highest BCUT2D eigenvalue weighted by Gasteiger charge is 2.12. The van der Waals surface area contributed by atoms with Crippen LogP contribution in [0, 0.1) is 35.5 Å². The Kier molecular flexibility index (Phi) is 9.57. The standard InChI is InChI=1S/C16H20O3/c17-13-9-6-4-2-1-3-5-7-10-14-18-16-12-8-11-15-19-16/h16-17H,2,5,8-9,11-15H2. The minimum atomic E-state index is -0.0732. The molecule has 0 spiro atoms. The first kappa shape index (κ1) is 15.6. The van der Waals surface area contributed by atoms with Gasteiger partial charge in [-0.2, -0.15) is 0 Å². The summed E-state index contributed by atoms with van der Waals surface area (Å²) in [6.07, 6.45) is 4.78. The first-order chi connectivity index (χ1) is 9.43. The zero-order chi connectivity index (χ0) is 13.6. The van der Waals surface area contributed by atoms with Gasteiger partial charge in [0.2, 0.25) is 0 Å². The van der Waals surface area contributed by atoms with Crippen molar-refractivity contribution < 1.29 is 14.6 Å². The molecule has 1 fully saturated rings. The molecule has 1 N–H and O–H groups in total. The van der Waals surface area contributed by atoms with Crippen molar-refractivity contribution in [1.82, 2.24) is 0 Å². The van der Waals surface area contributed by atoms with Crippen molar-refractivity contribution in [2.45, 2.75) is 44.8 Å². The van der Waals surface area contributed by atoms with Crippen LogP contribution in [0.1, 0.15) is 38.5 Å². The summed E-state index contributed by atoms with van der Waals surface area (Å²) >= 11 is 0. The van der Waals surface area contributed by atoms with Crippen molar-refractivity contribution >= 4 is 0 Å². The third-order valence-electron chi connectivity index (χ3n) is 2.44. The summed E-state index contributed by atoms with van der Waals surface area (Å²) in [5.74, 6) is 17.4. The lowest BCUT2D eigenvalue weighted by molar-refractivity contribution is -0.154. The molecule has 0 aliphatic carbocycles. The number of ether oxygens (including phenoxy) is 2. The van der Waals surface area contributed by atoms with Crippen molar-refractivity contribution in [3.63, 3.8) is 0 Å². The first-order valence-electron chi connectivity index (χ1n) is 6.64. The van der Waals surface area contributed by atoms with Crippen LogP contribution in [0.4, 0.5) is 0 Å². The Morgan fingerprint density at radius 1 is 1.00 bits per heavy atom. The van der Waals surface area contributed by atoms with Crippen molar-refractivity contribution in [3.05, 3.63) is 0 Å². The molecule has 1 aliphatic heterocycles. The molecule has 0 bridgehead atoms. The maximum atomic E-state index is 8.51. The van der Waals surface area contributed by atoms with E-state index in [4.69, 9.17) is 14.6 Å². The van der Waals surface area contributed by atoms with Gasteiger partial charge in [-0.15, -0.1) is 0 Å². The van der Waals surface area contributed by atoms with Crippen LogP contribution < -0.4 is 0 Å². The Morgan fingerprint density at radius 2 is 1.74 bits per heavy atom. The highest BCUT2D eigenvalue weighted by molar-refractivity contribution is 5.16. The maximum Gasteiger partial charge on any atom is 0.158 e. The first-order valence-corrected chi connectivity index (χ1v) is 6.64. The van der Waals surface area contributed by atoms with E-state index in [1.165, 1.54) is 6.42 Å². The molecule has 1 saturated heterocycles. The van der Waals surface area contributed by atoms with Gasteiger partial charge in [0.15, 0.2) is 6.29 Å². The highest BCUT2D eigenvalue weighted by atomic mass is 16.7. The zero-order valence-corrected chi connectivity index (χ0v) is 11.2. The molecule has 1 unspecified atom stereocenters. The van der Waals surface area contributed by atoms with Crippen LogP contribution in [-0.4, -0.2) is 31.2 Å². The van der Waals surface area contributed by atoms with Crippen LogP contribution in [0.15, 0.2) is 0 Å². The normalized spacial score (nSPS) is 17.2. The van der Waals surface area contributed by atoms with Gasteiger partial charge in [-0.1, -0.05) is 35.5 Å². The fraction of sp³-hybridized carbons (Fsp3) is 0.625. The Balaban J connectivity index is 2.02. The monoisotopic (exact) mass is 260 g/mol. The second-order valence-corrected chi connectivity index (χ2v) is 3.99. The lowest BCUT2D eigenvalue weighted by Gasteiger charge is -2.21. The van der Waals surface area contributed by atoms with Gasteiger partial charge in [-0.25, -0.2) is 0 Å². The van der Waals surface area contributed by atoms with Crippen LogP contribution in [-0.2, 0) is 9.47 Å². The van der Waals surface area contributed by atoms with Crippen molar-refractivity contribution in [2.24, 2.45) is 0 Å². The van der Waals surface area contributed by atoms with Crippen molar-refractivity contribution in [2.75, 3.05) is 19.8 Å². The smallest absolute Gasteiger partial charge is 0.158 e. The summed E-state index contributed by atoms with van der Waals surface area (Å²) < 4.78 is 10.9. The molecule has 1 heterocycles. The summed E-state index contributed by atoms with van der Waals surface area (Å²) in [4.78, 5) is 0. The summed E-state index contributed by atoms with van der Waals surface area (Å²) in [5, 5.41) is 8.51. The Hall–Kier alpha value is -1.44. The predicted molar refractivity (Wildman–Crippen MR) is 73.8 cm³/mol. The molecular weight excluding hydrogens is 240 g/mol. The van der Waals surface area contributed by atoms with Gasteiger partial charge >= 0.3 is 0 Å². The molecule has 0 aromatic rings. The molecule has 1 atom stereocenters. The van der Waals surface area contributed by atoms with Crippen molar-refractivity contribution in [3.8, 4) is 35.5 Å². The van der Waals surface area contributed by atoms with Gasteiger partial charge in [-0.3, -0.25) is 0 Å². The highest BCUT2D eigenvalue weighted by Crippen LogP contribution is 2.12. The topological polar surface area (TPSA) is 38.7 Å². The van der Waals surface area contributed by atoms with Gasteiger partial charge in [-0.05, 0) is 19.3 Å². The van der Waals surface area contributed by atoms with Gasteiger partial charge in [0.1, 0.15) is 6.61 Å². The van der Waals surface area contributed by atoms with E-state index in [9.17, 15) is 0 Å². The minimum Gasteiger partial charge on any atom is -0.395 e. The molecular formula is C16H20O3. The lowest BCUT2D eigenvalue weighted by atomic mass is 10.2. The van der Waals surface area contributed by atoms with E-state index in [2.05, 4.69) is 35.5 Å². The average Bonchev–Trinajstić information content (AvgIpc) is 2.46. The largest absolute Gasteiger partial charge is 0.395 e. The third kappa shape index (κ3) is 9.18. The maximum absolute atomic E-state index is 8.51. The quantitative estimate of drug-likeness (QED) is 0.785. The molecule has 102 valence electrons. The fourth-order valence-corrected chi connectivity index (χ4v) is 1.51. The summed E-state index contributed by atoms with van der Waals surface area (Å²) in [6.45, 7) is 1.31. The van der Waals surface area contributed by atoms with Gasteiger partial charge < -0.3 is 14.6 Å². The summed E-state index contributed by atoms with van der Waals surface area (Å²) in [6, 6.07) is 0. The van der Waals surface area contributed by atoms with E-state index in [-0.39, 0.29) is 12.9 Å². The van der Waals surface area contributed by atoms with E-state index in [0.717, 1.165) is 19.4 Å². The molecule has 1 rings (SSSR count). The van der Waals surface area contributed by atoms with Gasteiger partial charge in [0.25, 0.3) is 0 Å². The Labute approximate surface area is 115 Å². The summed E-state index contributed by atoms with van der Waals surface area (Å²) in [7, 11) is 0. The Morgan fingerprint density at radius 3 is 2.42 bits per heavy atom. The number of hydrogen-bond donors (Lipinski definition) is 1. The van der Waals surface area contributed by atoms with E-state index in [0.29, 0.717) is 25.9 Å². The van der Waals surface area contributed by atoms with Crippen LogP contribution in [0.2, 0.25) is 0 Å². The van der Waals surface area contributed by atoms with Crippen LogP contribution >= 0.6 is 0 Å². The SMILES string of the molecule is OCCC#CCC#CCC#CCOC1CCCCO1. The molecule has 3 heteroatoms. The molecule has 0 aromatic heterocycles. The van der Waals surface area contributed by atoms with Crippen molar-refractivity contribution in [1.29, 1.82) is 0 Å². The molecule has 0 amide bonds. The number of rotatable bonds is 3. The number of aliphatic hydroxyl groups excluding tert-OH is 1. The second-order valence-electron chi connectivity index (χ2n) is 3.99. The number of aliphatic hydroxyl groups is 1. The molecule has 3 nitrogen and oxygen atoms in total. The Bertz CT molecular complexity index is 402. The van der Waals surface area contributed by atoms with Gasteiger partial charge in [0, 0.05) is 13.0 Å². The minimum absolute atomic E-state index is 0.0732. The van der Waals surface area contributed by atoms with E-state index in [1.54, 1.807) is 0 Å². The molecule has 0 saturated carbocycles. The molecule has 1 aliphatic rings. The molecule has 0 aromatic carbocycles. The third-order valence-corrected chi connectivity index (χ3v) is 2.44. The number of hydrogen-bond acceptors (Lipinski definition) is 3. The van der Waals surface area contributed by atoms with Crippen LogP contribution in [0.3, 0.4) is 0 Å². The van der Waals surface area contributed by atoms with E-state index < -0.39 is 0 Å². The molecule has 19 heavy (non-hydrogen) atoms. The zero-order valence-electron chi connectivity index (χ0n) is 11.2. The van der Waals surface area contributed by atoms with Gasteiger partial charge in [0.05, 0.1) is 19.4 Å².